The maximum absolute atomic E-state index is 11.6. The third-order valence-corrected chi connectivity index (χ3v) is 3.81. The van der Waals surface area contributed by atoms with Crippen molar-refractivity contribution in [3.8, 4) is 11.5 Å². The lowest BCUT2D eigenvalue weighted by molar-refractivity contribution is -0.129. The first-order valence-corrected chi connectivity index (χ1v) is 7.60. The van der Waals surface area contributed by atoms with E-state index in [0.717, 1.165) is 11.3 Å². The zero-order chi connectivity index (χ0) is 16.2. The van der Waals surface area contributed by atoms with Crippen LogP contribution in [0.1, 0.15) is 18.2 Å². The van der Waals surface area contributed by atoms with Crippen molar-refractivity contribution in [2.24, 2.45) is 0 Å². The van der Waals surface area contributed by atoms with Crippen molar-refractivity contribution in [1.29, 1.82) is 0 Å². The molecule has 7 nitrogen and oxygen atoms in total. The average Bonchev–Trinajstić information content (AvgIpc) is 2.59. The van der Waals surface area contributed by atoms with Gasteiger partial charge in [0, 0.05) is 31.8 Å². The molecule has 0 fully saturated rings. The first kappa shape index (κ1) is 15.4. The smallest absolute Gasteiger partial charge is 0.219 e. The zero-order valence-corrected chi connectivity index (χ0v) is 13.0. The lowest BCUT2D eigenvalue weighted by Gasteiger charge is -2.28. The predicted molar refractivity (Wildman–Crippen MR) is 85.6 cm³/mol. The van der Waals surface area contributed by atoms with E-state index in [1.807, 2.05) is 18.2 Å². The first-order valence-electron chi connectivity index (χ1n) is 7.60. The number of carbonyl (C=O) groups is 1. The van der Waals surface area contributed by atoms with Gasteiger partial charge in [-0.3, -0.25) is 9.78 Å². The Morgan fingerprint density at radius 3 is 2.96 bits per heavy atom. The summed E-state index contributed by atoms with van der Waals surface area (Å²) in [4.78, 5) is 26.9. The quantitative estimate of drug-likeness (QED) is 0.869. The molecule has 0 unspecified atom stereocenters. The number of nitrogens with zero attached hydrogens (tertiary/aromatic N) is 4. The van der Waals surface area contributed by atoms with Crippen LogP contribution in [0, 0.1) is 0 Å². The highest BCUT2D eigenvalue weighted by molar-refractivity contribution is 5.74. The van der Waals surface area contributed by atoms with Gasteiger partial charge in [0.25, 0.3) is 0 Å². The summed E-state index contributed by atoms with van der Waals surface area (Å²) >= 11 is 0. The molecule has 23 heavy (non-hydrogen) atoms. The van der Waals surface area contributed by atoms with Crippen molar-refractivity contribution in [1.82, 2.24) is 19.9 Å². The highest BCUT2D eigenvalue weighted by atomic mass is 16.3. The van der Waals surface area contributed by atoms with Crippen molar-refractivity contribution >= 4 is 11.7 Å². The summed E-state index contributed by atoms with van der Waals surface area (Å²) in [6.45, 7) is 3.14. The van der Waals surface area contributed by atoms with Crippen LogP contribution in [-0.2, 0) is 17.8 Å². The molecule has 0 atom stereocenters. The standard InChI is InChI=1S/C16H19N5O2/c1-11(23)21-8-5-12-14(10-21)19-16(13-4-2-3-6-17-13)20-15(12)18-7-9-22/h2-4,6,22H,5,7-10H2,1H3,(H,18,19,20). The lowest BCUT2D eigenvalue weighted by atomic mass is 10.0. The number of fused-ring (bicyclic) bond motifs is 1. The molecule has 3 rings (SSSR count). The number of aliphatic hydroxyl groups is 1. The SMILES string of the molecule is CC(=O)N1CCc2c(nc(-c3ccccn3)nc2NCCO)C1. The van der Waals surface area contributed by atoms with Gasteiger partial charge in [0.15, 0.2) is 5.82 Å². The van der Waals surface area contributed by atoms with E-state index < -0.39 is 0 Å². The summed E-state index contributed by atoms with van der Waals surface area (Å²) in [5, 5.41) is 12.2. The summed E-state index contributed by atoms with van der Waals surface area (Å²) < 4.78 is 0. The molecule has 1 amide bonds. The van der Waals surface area contributed by atoms with Crippen molar-refractivity contribution in [3.05, 3.63) is 35.7 Å². The largest absolute Gasteiger partial charge is 0.395 e. The van der Waals surface area contributed by atoms with E-state index in [0.29, 0.717) is 43.4 Å². The summed E-state index contributed by atoms with van der Waals surface area (Å²) in [6, 6.07) is 5.57. The van der Waals surface area contributed by atoms with Gasteiger partial charge in [0.1, 0.15) is 11.5 Å². The third-order valence-electron chi connectivity index (χ3n) is 3.81. The van der Waals surface area contributed by atoms with Gasteiger partial charge in [-0.05, 0) is 18.6 Å². The molecule has 0 spiro atoms. The molecule has 2 aromatic heterocycles. The molecule has 2 aromatic rings. The minimum absolute atomic E-state index is 0.0251. The molecule has 0 bridgehead atoms. The number of hydrogen-bond donors (Lipinski definition) is 2. The van der Waals surface area contributed by atoms with E-state index in [1.165, 1.54) is 0 Å². The lowest BCUT2D eigenvalue weighted by Crippen LogP contribution is -2.35. The Hall–Kier alpha value is -2.54. The monoisotopic (exact) mass is 313 g/mol. The Morgan fingerprint density at radius 2 is 2.26 bits per heavy atom. The second kappa shape index (κ2) is 6.70. The van der Waals surface area contributed by atoms with Gasteiger partial charge >= 0.3 is 0 Å². The third kappa shape index (κ3) is 3.29. The minimum Gasteiger partial charge on any atom is -0.395 e. The molecule has 0 aliphatic carbocycles. The molecular formula is C16H19N5O2. The highest BCUT2D eigenvalue weighted by Gasteiger charge is 2.24. The summed E-state index contributed by atoms with van der Waals surface area (Å²) in [5.41, 5.74) is 2.53. The average molecular weight is 313 g/mol. The zero-order valence-electron chi connectivity index (χ0n) is 13.0. The Bertz CT molecular complexity index is 705. The van der Waals surface area contributed by atoms with E-state index in [4.69, 9.17) is 5.11 Å². The number of amides is 1. The summed E-state index contributed by atoms with van der Waals surface area (Å²) in [5.74, 6) is 1.28. The van der Waals surface area contributed by atoms with Crippen LogP contribution in [0.15, 0.2) is 24.4 Å². The van der Waals surface area contributed by atoms with Gasteiger partial charge in [-0.2, -0.15) is 0 Å². The number of nitrogens with one attached hydrogen (secondary N) is 1. The molecule has 120 valence electrons. The van der Waals surface area contributed by atoms with E-state index >= 15 is 0 Å². The Morgan fingerprint density at radius 1 is 1.39 bits per heavy atom. The number of pyridine rings is 1. The van der Waals surface area contributed by atoms with Gasteiger partial charge in [-0.15, -0.1) is 0 Å². The van der Waals surface area contributed by atoms with Crippen LogP contribution in [-0.4, -0.2) is 50.6 Å². The van der Waals surface area contributed by atoms with Gasteiger partial charge in [-0.1, -0.05) is 6.07 Å². The molecule has 0 saturated carbocycles. The predicted octanol–water partition coefficient (Wildman–Crippen LogP) is 0.847. The molecule has 3 heterocycles. The molecule has 0 aromatic carbocycles. The van der Waals surface area contributed by atoms with Gasteiger partial charge in [0.2, 0.25) is 5.91 Å². The fraction of sp³-hybridized carbons (Fsp3) is 0.375. The Balaban J connectivity index is 2.02. The first-order chi connectivity index (χ1) is 11.2. The molecule has 1 aliphatic heterocycles. The molecule has 0 radical (unpaired) electrons. The molecule has 0 saturated heterocycles. The number of rotatable bonds is 4. The number of anilines is 1. The number of aromatic nitrogens is 3. The maximum atomic E-state index is 11.6. The summed E-state index contributed by atoms with van der Waals surface area (Å²) in [6.07, 6.45) is 2.39. The van der Waals surface area contributed by atoms with E-state index in [9.17, 15) is 4.79 Å². The van der Waals surface area contributed by atoms with Crippen LogP contribution in [0.25, 0.3) is 11.5 Å². The second-order valence-corrected chi connectivity index (χ2v) is 5.38. The normalized spacial score (nSPS) is 13.6. The number of hydrogen-bond acceptors (Lipinski definition) is 6. The molecular weight excluding hydrogens is 294 g/mol. The molecule has 1 aliphatic rings. The topological polar surface area (TPSA) is 91.2 Å². The van der Waals surface area contributed by atoms with Gasteiger partial charge in [-0.25, -0.2) is 9.97 Å². The van der Waals surface area contributed by atoms with Gasteiger partial charge < -0.3 is 15.3 Å². The second-order valence-electron chi connectivity index (χ2n) is 5.38. The Labute approximate surface area is 134 Å². The molecule has 2 N–H and O–H groups in total. The number of carbonyl (C=O) groups excluding carboxylic acids is 1. The molecule has 7 heteroatoms. The van der Waals surface area contributed by atoms with Gasteiger partial charge in [0.05, 0.1) is 18.8 Å². The fourth-order valence-electron chi connectivity index (χ4n) is 2.63. The van der Waals surface area contributed by atoms with Crippen LogP contribution in [0.4, 0.5) is 5.82 Å². The van der Waals surface area contributed by atoms with Crippen LogP contribution < -0.4 is 5.32 Å². The number of aliphatic hydroxyl groups excluding tert-OH is 1. The summed E-state index contributed by atoms with van der Waals surface area (Å²) in [7, 11) is 0. The van der Waals surface area contributed by atoms with Crippen molar-refractivity contribution < 1.29 is 9.90 Å². The van der Waals surface area contributed by atoms with Crippen molar-refractivity contribution in [2.75, 3.05) is 25.0 Å². The minimum atomic E-state index is 0.0251. The van der Waals surface area contributed by atoms with Crippen molar-refractivity contribution in [3.63, 3.8) is 0 Å². The highest BCUT2D eigenvalue weighted by Crippen LogP contribution is 2.26. The van der Waals surface area contributed by atoms with Crippen LogP contribution in [0.5, 0.6) is 0 Å². The van der Waals surface area contributed by atoms with Crippen LogP contribution in [0.3, 0.4) is 0 Å². The van der Waals surface area contributed by atoms with Crippen LogP contribution in [0.2, 0.25) is 0 Å². The maximum Gasteiger partial charge on any atom is 0.219 e. The Kier molecular flexibility index (Phi) is 4.47. The fourth-order valence-corrected chi connectivity index (χ4v) is 2.63. The van der Waals surface area contributed by atoms with E-state index in [-0.39, 0.29) is 12.5 Å². The van der Waals surface area contributed by atoms with E-state index in [2.05, 4.69) is 20.3 Å². The van der Waals surface area contributed by atoms with Crippen molar-refractivity contribution in [2.45, 2.75) is 19.9 Å². The van der Waals surface area contributed by atoms with Crippen LogP contribution >= 0.6 is 0 Å². The van der Waals surface area contributed by atoms with E-state index in [1.54, 1.807) is 18.0 Å².